The summed E-state index contributed by atoms with van der Waals surface area (Å²) in [6.45, 7) is 5.82. The fourth-order valence-electron chi connectivity index (χ4n) is 1.51. The van der Waals surface area contributed by atoms with Crippen LogP contribution in [0.5, 0.6) is 5.75 Å². The van der Waals surface area contributed by atoms with Crippen molar-refractivity contribution in [2.75, 3.05) is 13.7 Å². The molecular weight excluding hydrogens is 277 g/mol. The zero-order valence-electron chi connectivity index (χ0n) is 12.6. The van der Waals surface area contributed by atoms with E-state index in [9.17, 15) is 14.0 Å². The van der Waals surface area contributed by atoms with E-state index < -0.39 is 23.8 Å². The molecule has 0 aliphatic heterocycles. The van der Waals surface area contributed by atoms with Crippen molar-refractivity contribution in [2.24, 2.45) is 5.92 Å². The van der Waals surface area contributed by atoms with E-state index in [-0.39, 0.29) is 11.5 Å². The van der Waals surface area contributed by atoms with Gasteiger partial charge in [0.25, 0.3) is 5.91 Å². The first-order valence-electron chi connectivity index (χ1n) is 6.67. The third-order valence-corrected chi connectivity index (χ3v) is 2.73. The van der Waals surface area contributed by atoms with Crippen molar-refractivity contribution >= 4 is 11.9 Å². The Kier molecular flexibility index (Phi) is 6.14. The van der Waals surface area contributed by atoms with Crippen LogP contribution in [0.25, 0.3) is 0 Å². The Hall–Kier alpha value is -2.11. The van der Waals surface area contributed by atoms with Gasteiger partial charge in [-0.25, -0.2) is 9.18 Å². The van der Waals surface area contributed by atoms with Crippen LogP contribution >= 0.6 is 0 Å². The van der Waals surface area contributed by atoms with Crippen LogP contribution in [0.1, 0.15) is 31.1 Å². The Balaban J connectivity index is 2.66. The van der Waals surface area contributed by atoms with Gasteiger partial charge in [-0.1, -0.05) is 13.8 Å². The van der Waals surface area contributed by atoms with E-state index in [1.807, 2.05) is 13.8 Å². The van der Waals surface area contributed by atoms with Crippen molar-refractivity contribution in [1.82, 2.24) is 5.32 Å². The van der Waals surface area contributed by atoms with Crippen LogP contribution < -0.4 is 10.1 Å². The van der Waals surface area contributed by atoms with Gasteiger partial charge >= 0.3 is 5.97 Å². The number of carbonyl (C=O) groups is 2. The number of hydrogen-bond acceptors (Lipinski definition) is 4. The predicted octanol–water partition coefficient (Wildman–Crippen LogP) is 2.15. The Morgan fingerprint density at radius 1 is 1.29 bits per heavy atom. The highest BCUT2D eigenvalue weighted by Crippen LogP contribution is 2.17. The number of rotatable bonds is 6. The molecule has 0 saturated carbocycles. The van der Waals surface area contributed by atoms with Crippen molar-refractivity contribution in [3.63, 3.8) is 0 Å². The van der Waals surface area contributed by atoms with E-state index in [0.29, 0.717) is 12.3 Å². The zero-order chi connectivity index (χ0) is 16.0. The van der Waals surface area contributed by atoms with E-state index in [1.54, 1.807) is 0 Å². The van der Waals surface area contributed by atoms with E-state index in [0.717, 1.165) is 6.07 Å². The van der Waals surface area contributed by atoms with Gasteiger partial charge in [0.15, 0.2) is 6.10 Å². The number of methoxy groups -OCH3 is 1. The van der Waals surface area contributed by atoms with Crippen LogP contribution in [0.4, 0.5) is 4.39 Å². The Morgan fingerprint density at radius 2 is 1.95 bits per heavy atom. The Morgan fingerprint density at radius 3 is 2.48 bits per heavy atom. The molecule has 0 bridgehead atoms. The van der Waals surface area contributed by atoms with Gasteiger partial charge in [-0.3, -0.25) is 4.79 Å². The summed E-state index contributed by atoms with van der Waals surface area (Å²) in [5.41, 5.74) is -0.237. The third kappa shape index (κ3) is 5.06. The summed E-state index contributed by atoms with van der Waals surface area (Å²) in [5.74, 6) is -1.47. The lowest BCUT2D eigenvalue weighted by atomic mass is 10.2. The molecule has 1 rings (SSSR count). The zero-order valence-corrected chi connectivity index (χ0v) is 12.6. The molecule has 0 aromatic heterocycles. The molecule has 0 aliphatic carbocycles. The quantitative estimate of drug-likeness (QED) is 0.817. The highest BCUT2D eigenvalue weighted by atomic mass is 19.1. The normalized spacial score (nSPS) is 11.9. The smallest absolute Gasteiger partial charge is 0.341 e. The standard InChI is InChI=1S/C15H20FNO4/c1-9(2)8-17-14(18)10(3)21-15(19)12-6-5-11(20-4)7-13(12)16/h5-7,9-10H,8H2,1-4H3,(H,17,18)/t10-/m0/s1. The summed E-state index contributed by atoms with van der Waals surface area (Å²) >= 11 is 0. The summed E-state index contributed by atoms with van der Waals surface area (Å²) < 4.78 is 23.5. The molecule has 1 amide bonds. The minimum atomic E-state index is -0.988. The van der Waals surface area contributed by atoms with Gasteiger partial charge in [0.1, 0.15) is 11.6 Å². The van der Waals surface area contributed by atoms with E-state index in [4.69, 9.17) is 9.47 Å². The second-order valence-corrected chi connectivity index (χ2v) is 5.03. The third-order valence-electron chi connectivity index (χ3n) is 2.73. The number of carbonyl (C=O) groups excluding carboxylic acids is 2. The van der Waals surface area contributed by atoms with Gasteiger partial charge in [0.2, 0.25) is 0 Å². The molecule has 0 fully saturated rings. The average Bonchev–Trinajstić information content (AvgIpc) is 2.43. The number of nitrogens with one attached hydrogen (secondary N) is 1. The van der Waals surface area contributed by atoms with E-state index in [1.165, 1.54) is 26.2 Å². The van der Waals surface area contributed by atoms with Gasteiger partial charge in [0, 0.05) is 12.6 Å². The Labute approximate surface area is 123 Å². The average molecular weight is 297 g/mol. The number of hydrogen-bond donors (Lipinski definition) is 1. The molecule has 21 heavy (non-hydrogen) atoms. The molecule has 116 valence electrons. The predicted molar refractivity (Wildman–Crippen MR) is 75.7 cm³/mol. The first-order chi connectivity index (χ1) is 9.85. The SMILES string of the molecule is COc1ccc(C(=O)O[C@@H](C)C(=O)NCC(C)C)c(F)c1. The van der Waals surface area contributed by atoms with Crippen LogP contribution in [0.15, 0.2) is 18.2 Å². The lowest BCUT2D eigenvalue weighted by Crippen LogP contribution is -2.37. The molecule has 5 nitrogen and oxygen atoms in total. The van der Waals surface area contributed by atoms with Crippen LogP contribution in [-0.2, 0) is 9.53 Å². The highest BCUT2D eigenvalue weighted by Gasteiger charge is 2.21. The first kappa shape index (κ1) is 16.9. The molecular formula is C15H20FNO4. The molecule has 6 heteroatoms. The van der Waals surface area contributed by atoms with Crippen molar-refractivity contribution in [3.8, 4) is 5.75 Å². The number of ether oxygens (including phenoxy) is 2. The molecule has 1 aromatic rings. The second kappa shape index (κ2) is 7.61. The van der Waals surface area contributed by atoms with Gasteiger partial charge in [0.05, 0.1) is 12.7 Å². The van der Waals surface area contributed by atoms with Gasteiger partial charge in [-0.05, 0) is 25.0 Å². The van der Waals surface area contributed by atoms with E-state index >= 15 is 0 Å². The molecule has 1 N–H and O–H groups in total. The van der Waals surface area contributed by atoms with Gasteiger partial charge < -0.3 is 14.8 Å². The second-order valence-electron chi connectivity index (χ2n) is 5.03. The van der Waals surface area contributed by atoms with Crippen LogP contribution in [0.3, 0.4) is 0 Å². The maximum atomic E-state index is 13.7. The number of amides is 1. The molecule has 0 aliphatic rings. The van der Waals surface area contributed by atoms with Crippen molar-refractivity contribution in [3.05, 3.63) is 29.6 Å². The van der Waals surface area contributed by atoms with Gasteiger partial charge in [-0.2, -0.15) is 0 Å². The van der Waals surface area contributed by atoms with Crippen molar-refractivity contribution in [2.45, 2.75) is 26.9 Å². The minimum Gasteiger partial charge on any atom is -0.497 e. The summed E-state index contributed by atoms with van der Waals surface area (Å²) in [7, 11) is 1.40. The van der Waals surface area contributed by atoms with Crippen LogP contribution in [0.2, 0.25) is 0 Å². The molecule has 0 unspecified atom stereocenters. The van der Waals surface area contributed by atoms with Crippen LogP contribution in [-0.4, -0.2) is 31.6 Å². The number of benzene rings is 1. The number of halogens is 1. The summed E-state index contributed by atoms with van der Waals surface area (Å²) in [6, 6.07) is 3.79. The van der Waals surface area contributed by atoms with E-state index in [2.05, 4.69) is 5.32 Å². The largest absolute Gasteiger partial charge is 0.497 e. The fourth-order valence-corrected chi connectivity index (χ4v) is 1.51. The molecule has 0 spiro atoms. The minimum absolute atomic E-state index is 0.237. The van der Waals surface area contributed by atoms with Crippen LogP contribution in [0, 0.1) is 11.7 Å². The topological polar surface area (TPSA) is 64.6 Å². The molecule has 1 atom stereocenters. The maximum Gasteiger partial charge on any atom is 0.341 e. The summed E-state index contributed by atoms with van der Waals surface area (Å²) in [4.78, 5) is 23.5. The summed E-state index contributed by atoms with van der Waals surface area (Å²) in [5, 5.41) is 2.64. The molecule has 0 heterocycles. The monoisotopic (exact) mass is 297 g/mol. The lowest BCUT2D eigenvalue weighted by Gasteiger charge is -2.15. The van der Waals surface area contributed by atoms with Crippen molar-refractivity contribution < 1.29 is 23.5 Å². The fraction of sp³-hybridized carbons (Fsp3) is 0.467. The summed E-state index contributed by atoms with van der Waals surface area (Å²) in [6.07, 6.45) is -0.988. The Bertz CT molecular complexity index is 516. The molecule has 1 aromatic carbocycles. The maximum absolute atomic E-state index is 13.7. The lowest BCUT2D eigenvalue weighted by molar-refractivity contribution is -0.129. The molecule has 0 radical (unpaired) electrons. The number of esters is 1. The molecule has 0 saturated heterocycles. The highest BCUT2D eigenvalue weighted by molar-refractivity contribution is 5.92. The van der Waals surface area contributed by atoms with Gasteiger partial charge in [-0.15, -0.1) is 0 Å². The first-order valence-corrected chi connectivity index (χ1v) is 6.67. The van der Waals surface area contributed by atoms with Crippen molar-refractivity contribution in [1.29, 1.82) is 0 Å².